The van der Waals surface area contributed by atoms with E-state index in [0.717, 1.165) is 36.2 Å². The summed E-state index contributed by atoms with van der Waals surface area (Å²) in [6.45, 7) is 3.60. The van der Waals surface area contributed by atoms with E-state index in [9.17, 15) is 9.18 Å². The first-order valence-electron chi connectivity index (χ1n) is 10.6. The zero-order valence-corrected chi connectivity index (χ0v) is 18.4. The number of anilines is 3. The maximum atomic E-state index is 14.6. The Kier molecular flexibility index (Phi) is 7.96. The number of nitrogens with one attached hydrogen (secondary N) is 2. The third kappa shape index (κ3) is 5.51. The fourth-order valence-corrected chi connectivity index (χ4v) is 3.42. The Bertz CT molecular complexity index is 1070. The third-order valence-corrected chi connectivity index (χ3v) is 5.18. The quantitative estimate of drug-likeness (QED) is 0.338. The molecule has 1 unspecified atom stereocenters. The average Bonchev–Trinajstić information content (AvgIpc) is 3.18. The molecule has 0 radical (unpaired) electrons. The van der Waals surface area contributed by atoms with Crippen molar-refractivity contribution in [2.75, 3.05) is 30.9 Å². The number of hydrogen-bond donors (Lipinski definition) is 4. The molecule has 0 saturated carbocycles. The van der Waals surface area contributed by atoms with Crippen LogP contribution in [0.5, 0.6) is 0 Å². The Morgan fingerprint density at radius 3 is 2.81 bits per heavy atom. The van der Waals surface area contributed by atoms with Gasteiger partial charge in [0, 0.05) is 30.8 Å². The number of ether oxygens (including phenoxy) is 1. The van der Waals surface area contributed by atoms with Gasteiger partial charge >= 0.3 is 0 Å². The number of benzene rings is 1. The van der Waals surface area contributed by atoms with Crippen LogP contribution in [0, 0.1) is 5.82 Å². The largest absolute Gasteiger partial charge is 0.383 e. The second kappa shape index (κ2) is 10.9. The molecule has 32 heavy (non-hydrogen) atoms. The van der Waals surface area contributed by atoms with Crippen LogP contribution >= 0.6 is 0 Å². The number of primary amides is 1. The van der Waals surface area contributed by atoms with Crippen LogP contribution in [0.15, 0.2) is 30.5 Å². The van der Waals surface area contributed by atoms with Gasteiger partial charge in [0.2, 0.25) is 0 Å². The minimum absolute atomic E-state index is 0.0255. The van der Waals surface area contributed by atoms with Gasteiger partial charge in [-0.05, 0) is 30.7 Å². The van der Waals surface area contributed by atoms with E-state index in [1.165, 1.54) is 0 Å². The van der Waals surface area contributed by atoms with E-state index in [0.29, 0.717) is 25.4 Å². The summed E-state index contributed by atoms with van der Waals surface area (Å²) in [5.41, 5.74) is 12.9. The number of aromatic nitrogens is 3. The van der Waals surface area contributed by atoms with Crippen molar-refractivity contribution < 1.29 is 13.9 Å². The molecule has 0 aliphatic rings. The summed E-state index contributed by atoms with van der Waals surface area (Å²) in [5, 5.41) is 11.4. The summed E-state index contributed by atoms with van der Waals surface area (Å²) in [6, 6.07) is 6.58. The second-order valence-electron chi connectivity index (χ2n) is 7.56. The van der Waals surface area contributed by atoms with Crippen molar-refractivity contribution in [1.29, 1.82) is 0 Å². The van der Waals surface area contributed by atoms with Crippen molar-refractivity contribution >= 4 is 34.1 Å². The molecule has 0 spiro atoms. The molecular formula is C22H30FN7O2. The Labute approximate surface area is 186 Å². The highest BCUT2D eigenvalue weighted by Crippen LogP contribution is 2.26. The Hall–Kier alpha value is -3.24. The van der Waals surface area contributed by atoms with Gasteiger partial charge in [0.15, 0.2) is 11.6 Å². The number of unbranched alkanes of at least 4 members (excludes halogenated alkanes) is 1. The number of methoxy groups -OCH3 is 1. The lowest BCUT2D eigenvalue weighted by Crippen LogP contribution is -2.30. The van der Waals surface area contributed by atoms with Gasteiger partial charge in [0.1, 0.15) is 5.82 Å². The molecule has 0 saturated heterocycles. The van der Waals surface area contributed by atoms with Crippen molar-refractivity contribution in [3.63, 3.8) is 0 Å². The molecule has 0 fully saturated rings. The van der Waals surface area contributed by atoms with Crippen LogP contribution in [0.2, 0.25) is 0 Å². The van der Waals surface area contributed by atoms with Gasteiger partial charge in [-0.15, -0.1) is 0 Å². The monoisotopic (exact) mass is 443 g/mol. The van der Waals surface area contributed by atoms with Crippen LogP contribution in [0.4, 0.5) is 21.7 Å². The van der Waals surface area contributed by atoms with Gasteiger partial charge in [-0.2, -0.15) is 5.10 Å². The highest BCUT2D eigenvalue weighted by molar-refractivity contribution is 5.99. The van der Waals surface area contributed by atoms with Crippen molar-refractivity contribution in [2.24, 2.45) is 11.5 Å². The number of fused-ring (bicyclic) bond motifs is 1. The maximum absolute atomic E-state index is 14.6. The van der Waals surface area contributed by atoms with Gasteiger partial charge in [-0.3, -0.25) is 9.48 Å². The SMILES string of the molecule is CCCCC(CN)Nc1nc(Nc2ccc3c(cnn3CCOC)c2)c(C(N)=O)cc1F. The van der Waals surface area contributed by atoms with E-state index in [1.807, 2.05) is 22.9 Å². The van der Waals surface area contributed by atoms with E-state index in [2.05, 4.69) is 27.6 Å². The number of carbonyl (C=O) groups is 1. The highest BCUT2D eigenvalue weighted by Gasteiger charge is 2.18. The first kappa shape index (κ1) is 23.4. The maximum Gasteiger partial charge on any atom is 0.252 e. The average molecular weight is 444 g/mol. The molecule has 3 aromatic rings. The van der Waals surface area contributed by atoms with Crippen LogP contribution in [0.1, 0.15) is 36.5 Å². The van der Waals surface area contributed by atoms with Gasteiger partial charge in [-0.25, -0.2) is 9.37 Å². The molecule has 9 nitrogen and oxygen atoms in total. The molecule has 10 heteroatoms. The van der Waals surface area contributed by atoms with Crippen LogP contribution in [0.3, 0.4) is 0 Å². The van der Waals surface area contributed by atoms with E-state index in [4.69, 9.17) is 16.2 Å². The summed E-state index contributed by atoms with van der Waals surface area (Å²) < 4.78 is 21.6. The molecule has 1 atom stereocenters. The topological polar surface area (TPSA) is 133 Å². The molecule has 0 aliphatic heterocycles. The lowest BCUT2D eigenvalue weighted by atomic mass is 10.1. The highest BCUT2D eigenvalue weighted by atomic mass is 19.1. The Morgan fingerprint density at radius 2 is 2.12 bits per heavy atom. The zero-order chi connectivity index (χ0) is 23.1. The number of carbonyl (C=O) groups excluding carboxylic acids is 1. The molecule has 172 valence electrons. The number of hydrogen-bond acceptors (Lipinski definition) is 7. The van der Waals surface area contributed by atoms with E-state index >= 15 is 0 Å². The molecule has 0 bridgehead atoms. The Balaban J connectivity index is 1.89. The second-order valence-corrected chi connectivity index (χ2v) is 7.56. The van der Waals surface area contributed by atoms with Crippen molar-refractivity contribution in [3.05, 3.63) is 41.8 Å². The number of halogens is 1. The first-order valence-corrected chi connectivity index (χ1v) is 10.6. The summed E-state index contributed by atoms with van der Waals surface area (Å²) in [7, 11) is 1.64. The van der Waals surface area contributed by atoms with Gasteiger partial charge < -0.3 is 26.8 Å². The minimum atomic E-state index is -0.778. The summed E-state index contributed by atoms with van der Waals surface area (Å²) >= 11 is 0. The first-order chi connectivity index (χ1) is 15.5. The van der Waals surface area contributed by atoms with Crippen molar-refractivity contribution in [2.45, 2.75) is 38.8 Å². The van der Waals surface area contributed by atoms with Crippen molar-refractivity contribution in [3.8, 4) is 0 Å². The standard InChI is InChI=1S/C22H30FN7O2/c1-3-4-5-16(12-24)28-22-18(23)11-17(20(25)31)21(29-22)27-15-6-7-19-14(10-15)13-26-30(19)8-9-32-2/h6-7,10-11,13,16H,3-5,8-9,12,24H2,1-2H3,(H2,25,31)(H2,27,28,29). The van der Waals surface area contributed by atoms with Crippen LogP contribution in [0.25, 0.3) is 10.9 Å². The van der Waals surface area contributed by atoms with Crippen LogP contribution in [-0.2, 0) is 11.3 Å². The van der Waals surface area contributed by atoms with Crippen LogP contribution in [-0.4, -0.2) is 47.0 Å². The fourth-order valence-electron chi connectivity index (χ4n) is 3.42. The molecule has 1 aromatic carbocycles. The minimum Gasteiger partial charge on any atom is -0.383 e. The zero-order valence-electron chi connectivity index (χ0n) is 18.4. The van der Waals surface area contributed by atoms with E-state index in [1.54, 1.807) is 13.3 Å². The lowest BCUT2D eigenvalue weighted by molar-refractivity contribution is 0.100. The predicted octanol–water partition coefficient (Wildman–Crippen LogP) is 2.99. The van der Waals surface area contributed by atoms with Gasteiger partial charge in [0.25, 0.3) is 5.91 Å². The normalized spacial score (nSPS) is 12.1. The number of amides is 1. The van der Waals surface area contributed by atoms with E-state index in [-0.39, 0.29) is 23.2 Å². The number of rotatable bonds is 12. The molecule has 0 aliphatic carbocycles. The third-order valence-electron chi connectivity index (χ3n) is 5.18. The number of nitrogens with zero attached hydrogens (tertiary/aromatic N) is 3. The molecular weight excluding hydrogens is 413 g/mol. The predicted molar refractivity (Wildman–Crippen MR) is 124 cm³/mol. The number of nitrogens with two attached hydrogens (primary N) is 2. The smallest absolute Gasteiger partial charge is 0.252 e. The molecule has 2 aromatic heterocycles. The van der Waals surface area contributed by atoms with E-state index < -0.39 is 11.7 Å². The summed E-state index contributed by atoms with van der Waals surface area (Å²) in [4.78, 5) is 16.2. The van der Waals surface area contributed by atoms with Crippen LogP contribution < -0.4 is 22.1 Å². The molecule has 6 N–H and O–H groups in total. The molecule has 1 amide bonds. The van der Waals surface area contributed by atoms with Gasteiger partial charge in [-0.1, -0.05) is 19.8 Å². The summed E-state index contributed by atoms with van der Waals surface area (Å²) in [6.07, 6.45) is 4.50. The van der Waals surface area contributed by atoms with Gasteiger partial charge in [0.05, 0.1) is 30.4 Å². The Morgan fingerprint density at radius 1 is 1.31 bits per heavy atom. The molecule has 2 heterocycles. The summed E-state index contributed by atoms with van der Waals surface area (Å²) in [5.74, 6) is -1.24. The fraction of sp³-hybridized carbons (Fsp3) is 0.409. The number of pyridine rings is 1. The lowest BCUT2D eigenvalue weighted by Gasteiger charge is -2.19. The van der Waals surface area contributed by atoms with Crippen molar-refractivity contribution in [1.82, 2.24) is 14.8 Å². The molecule has 3 rings (SSSR count).